The van der Waals surface area contributed by atoms with Gasteiger partial charge in [0.25, 0.3) is 0 Å². The van der Waals surface area contributed by atoms with E-state index in [2.05, 4.69) is 12.2 Å². The average Bonchev–Trinajstić information content (AvgIpc) is 1.97. The van der Waals surface area contributed by atoms with Gasteiger partial charge in [0.1, 0.15) is 6.61 Å². The first-order valence-corrected chi connectivity index (χ1v) is 3.97. The molecule has 0 fully saturated rings. The van der Waals surface area contributed by atoms with Crippen LogP contribution in [0.1, 0.15) is 33.6 Å². The molecule has 0 aliphatic carbocycles. The van der Waals surface area contributed by atoms with Gasteiger partial charge in [0, 0.05) is 13.8 Å². The normalized spacial score (nSPS) is 12.2. The summed E-state index contributed by atoms with van der Waals surface area (Å²) in [5, 5.41) is 14.1. The van der Waals surface area contributed by atoms with Gasteiger partial charge >= 0.3 is 0 Å². The van der Waals surface area contributed by atoms with Crippen molar-refractivity contribution >= 4 is 0 Å². The van der Waals surface area contributed by atoms with Crippen molar-refractivity contribution < 1.29 is 9.70 Å². The summed E-state index contributed by atoms with van der Waals surface area (Å²) in [6.45, 7) is 6.11. The molecule has 0 atom stereocenters. The van der Waals surface area contributed by atoms with Crippen LogP contribution in [0.15, 0.2) is 5.28 Å². The largest absolute Gasteiger partial charge is 0.597 e. The van der Waals surface area contributed by atoms with Crippen molar-refractivity contribution in [1.82, 2.24) is 0 Å². The molecular formula is C7H16N2O2. The smallest absolute Gasteiger partial charge is 0.200 e. The van der Waals surface area contributed by atoms with Crippen molar-refractivity contribution in [1.29, 1.82) is 0 Å². The van der Waals surface area contributed by atoms with E-state index in [9.17, 15) is 5.21 Å². The first-order chi connectivity index (χ1) is 5.18. The predicted molar refractivity (Wildman–Crippen MR) is 42.1 cm³/mol. The molecule has 0 saturated heterocycles. The molecule has 4 nitrogen and oxygen atoms in total. The number of hydroxylamine groups is 1. The molecule has 66 valence electrons. The highest BCUT2D eigenvalue weighted by atomic mass is 16.7. The Morgan fingerprint density at radius 2 is 2.18 bits per heavy atom. The van der Waals surface area contributed by atoms with Gasteiger partial charge in [-0.2, -0.15) is 0 Å². The lowest BCUT2D eigenvalue weighted by molar-refractivity contribution is -0.587. The third-order valence-corrected chi connectivity index (χ3v) is 1.17. The fourth-order valence-electron chi connectivity index (χ4n) is 0.401. The van der Waals surface area contributed by atoms with Crippen LogP contribution in [0.3, 0.4) is 0 Å². The minimum atomic E-state index is -0.142. The van der Waals surface area contributed by atoms with Gasteiger partial charge in [0.15, 0.2) is 11.3 Å². The van der Waals surface area contributed by atoms with E-state index < -0.39 is 0 Å². The van der Waals surface area contributed by atoms with E-state index in [-0.39, 0.29) is 6.04 Å². The van der Waals surface area contributed by atoms with Crippen LogP contribution in [0.5, 0.6) is 0 Å². The van der Waals surface area contributed by atoms with Crippen LogP contribution in [0.25, 0.3) is 0 Å². The van der Waals surface area contributed by atoms with Gasteiger partial charge in [-0.25, -0.2) is 0 Å². The molecule has 0 aromatic carbocycles. The Kier molecular flexibility index (Phi) is 5.51. The molecule has 4 heteroatoms. The van der Waals surface area contributed by atoms with E-state index in [4.69, 9.17) is 4.84 Å². The van der Waals surface area contributed by atoms with Crippen molar-refractivity contribution in [3.8, 4) is 0 Å². The van der Waals surface area contributed by atoms with E-state index >= 15 is 0 Å². The second-order valence-electron chi connectivity index (χ2n) is 2.66. The minimum Gasteiger partial charge on any atom is -0.597 e. The molecule has 0 bridgehead atoms. The molecule has 0 rings (SSSR count). The molecule has 0 aliphatic rings. The summed E-state index contributed by atoms with van der Waals surface area (Å²) in [4.78, 5) is 5.30. The fourth-order valence-corrected chi connectivity index (χ4v) is 0.401. The highest BCUT2D eigenvalue weighted by molar-refractivity contribution is 4.29. The molecule has 0 aromatic heterocycles. The molecule has 0 radical (unpaired) electrons. The molecule has 0 aromatic rings. The Morgan fingerprint density at radius 1 is 1.55 bits per heavy atom. The molecule has 0 spiro atoms. The van der Waals surface area contributed by atoms with Gasteiger partial charge in [0.05, 0.1) is 0 Å². The topological polar surface area (TPSA) is 47.7 Å². The average molecular weight is 160 g/mol. The monoisotopic (exact) mass is 160 g/mol. The lowest BCUT2D eigenvalue weighted by Gasteiger charge is -2.02. The van der Waals surface area contributed by atoms with Crippen molar-refractivity contribution in [2.75, 3.05) is 6.61 Å². The van der Waals surface area contributed by atoms with Crippen LogP contribution in [-0.2, 0) is 4.84 Å². The fraction of sp³-hybridized carbons (Fsp3) is 1.00. The summed E-state index contributed by atoms with van der Waals surface area (Å²) in [5.74, 6) is 0. The molecule has 0 N–H and O–H groups in total. The van der Waals surface area contributed by atoms with Crippen molar-refractivity contribution in [3.63, 3.8) is 0 Å². The van der Waals surface area contributed by atoms with Gasteiger partial charge in [-0.1, -0.05) is 18.2 Å². The first kappa shape index (κ1) is 10.2. The molecular weight excluding hydrogens is 144 g/mol. The third-order valence-electron chi connectivity index (χ3n) is 1.17. The predicted octanol–water partition coefficient (Wildman–Crippen LogP) is 2.09. The molecule has 0 aliphatic heterocycles. The molecule has 11 heavy (non-hydrogen) atoms. The maximum atomic E-state index is 10.7. The van der Waals surface area contributed by atoms with Gasteiger partial charge in [-0.15, -0.1) is 0 Å². The van der Waals surface area contributed by atoms with E-state index in [1.165, 1.54) is 0 Å². The number of unbranched alkanes of at least 4 members (excludes halogenated alkanes) is 1. The number of hydrogen-bond acceptors (Lipinski definition) is 3. The van der Waals surface area contributed by atoms with Gasteiger partial charge in [-0.3, -0.25) is 0 Å². The number of rotatable bonds is 5. The van der Waals surface area contributed by atoms with Crippen LogP contribution in [-0.4, -0.2) is 17.5 Å². The molecule has 0 saturated carbocycles. The zero-order valence-corrected chi connectivity index (χ0v) is 7.41. The van der Waals surface area contributed by atoms with Gasteiger partial charge in [0.2, 0.25) is 0 Å². The highest BCUT2D eigenvalue weighted by Crippen LogP contribution is 1.91. The third kappa shape index (κ3) is 5.63. The van der Waals surface area contributed by atoms with Crippen LogP contribution in [0.4, 0.5) is 0 Å². The summed E-state index contributed by atoms with van der Waals surface area (Å²) in [5.41, 5.74) is 0. The summed E-state index contributed by atoms with van der Waals surface area (Å²) in [6.07, 6.45) is 1.99. The van der Waals surface area contributed by atoms with Crippen LogP contribution in [0.2, 0.25) is 0 Å². The second kappa shape index (κ2) is 5.95. The Bertz CT molecular complexity index is 124. The Labute approximate surface area is 67.4 Å². The van der Waals surface area contributed by atoms with Gasteiger partial charge < -0.3 is 10.0 Å². The van der Waals surface area contributed by atoms with Crippen LogP contribution < -0.4 is 0 Å². The summed E-state index contributed by atoms with van der Waals surface area (Å²) in [7, 11) is 0. The van der Waals surface area contributed by atoms with E-state index in [1.807, 2.05) is 0 Å². The highest BCUT2D eigenvalue weighted by Gasteiger charge is 2.01. The van der Waals surface area contributed by atoms with E-state index in [0.29, 0.717) is 11.5 Å². The Hall–Kier alpha value is -0.800. The SMILES string of the molecule is CCCCO/N=[N+](/[O-])C(C)C. The summed E-state index contributed by atoms with van der Waals surface area (Å²) in [6, 6.07) is -0.142. The van der Waals surface area contributed by atoms with E-state index in [1.54, 1.807) is 13.8 Å². The van der Waals surface area contributed by atoms with Gasteiger partial charge in [-0.05, 0) is 6.42 Å². The summed E-state index contributed by atoms with van der Waals surface area (Å²) < 4.78 is 0. The van der Waals surface area contributed by atoms with Crippen LogP contribution >= 0.6 is 0 Å². The maximum absolute atomic E-state index is 10.7. The van der Waals surface area contributed by atoms with Crippen molar-refractivity contribution in [2.24, 2.45) is 5.28 Å². The number of hydrogen-bond donors (Lipinski definition) is 0. The second-order valence-corrected chi connectivity index (χ2v) is 2.66. The van der Waals surface area contributed by atoms with Crippen molar-refractivity contribution in [3.05, 3.63) is 5.21 Å². The Morgan fingerprint density at radius 3 is 2.64 bits per heavy atom. The van der Waals surface area contributed by atoms with Crippen LogP contribution in [0, 0.1) is 5.21 Å². The summed E-state index contributed by atoms with van der Waals surface area (Å²) >= 11 is 0. The molecule has 0 heterocycles. The first-order valence-electron chi connectivity index (χ1n) is 3.97. The van der Waals surface area contributed by atoms with E-state index in [0.717, 1.165) is 12.8 Å². The van der Waals surface area contributed by atoms with Crippen molar-refractivity contribution in [2.45, 2.75) is 39.7 Å². The lowest BCUT2D eigenvalue weighted by atomic mass is 10.4. The minimum absolute atomic E-state index is 0.142. The zero-order chi connectivity index (χ0) is 8.69. The molecule has 0 amide bonds. The number of nitrogens with zero attached hydrogens (tertiary/aromatic N) is 2. The maximum Gasteiger partial charge on any atom is 0.200 e. The Balaban J connectivity index is 3.40. The zero-order valence-electron chi connectivity index (χ0n) is 7.41. The quantitative estimate of drug-likeness (QED) is 0.267. The standard InChI is InChI=1S/C7H16N2O2/c1-4-5-6-11-8-9(10)7(2)3/h7H,4-6H2,1-3H3/b9-8+. The lowest BCUT2D eigenvalue weighted by Crippen LogP contribution is -2.11. The molecule has 0 unspecified atom stereocenters.